The number of aryl methyl sites for hydroxylation is 4. The summed E-state index contributed by atoms with van der Waals surface area (Å²) in [7, 11) is -7.66. The van der Waals surface area contributed by atoms with E-state index in [9.17, 15) is 8.39 Å². The lowest BCUT2D eigenvalue weighted by Crippen LogP contribution is -2.28. The summed E-state index contributed by atoms with van der Waals surface area (Å²) >= 11 is 0. The van der Waals surface area contributed by atoms with Crippen LogP contribution in [0.4, 0.5) is 12.6 Å². The summed E-state index contributed by atoms with van der Waals surface area (Å²) in [5, 5.41) is 0. The molecule has 0 atom stereocenters. The Labute approximate surface area is 546 Å². The Morgan fingerprint density at radius 2 is 0.722 bits per heavy atom. The zero-order chi connectivity index (χ0) is 67.8. The summed E-state index contributed by atoms with van der Waals surface area (Å²) < 4.78 is 79.1. The zero-order valence-electron chi connectivity index (χ0n) is 60.2. The van der Waals surface area contributed by atoms with Gasteiger partial charge in [0.25, 0.3) is 0 Å². The lowest BCUT2D eigenvalue weighted by molar-refractivity contribution is 0.283. The van der Waals surface area contributed by atoms with E-state index in [2.05, 4.69) is 248 Å². The first kappa shape index (κ1) is 72.6. The predicted octanol–water partition coefficient (Wildman–Crippen LogP) is 25.9. The van der Waals surface area contributed by atoms with Crippen LogP contribution in [-0.4, -0.2) is 0 Å². The van der Waals surface area contributed by atoms with Gasteiger partial charge in [-0.3, -0.25) is 0 Å². The van der Waals surface area contributed by atoms with Crippen molar-refractivity contribution < 1.29 is 39.7 Å². The van der Waals surface area contributed by atoms with Gasteiger partial charge in [-0.15, -0.1) is 12.6 Å². The molecule has 0 N–H and O–H groups in total. The van der Waals surface area contributed by atoms with Gasteiger partial charge in [-0.25, -0.2) is 0 Å². The number of hydrogen-bond acceptors (Lipinski definition) is 6. The van der Waals surface area contributed by atoms with E-state index in [1.165, 1.54) is 22.3 Å². The molecule has 0 aromatic heterocycles. The van der Waals surface area contributed by atoms with Gasteiger partial charge in [-0.1, -0.05) is 257 Å². The van der Waals surface area contributed by atoms with E-state index in [0.717, 1.165) is 79.6 Å². The van der Waals surface area contributed by atoms with Crippen molar-refractivity contribution in [1.82, 2.24) is 0 Å². The second-order valence-corrected chi connectivity index (χ2v) is 36.8. The molecule has 6 nitrogen and oxygen atoms in total. The van der Waals surface area contributed by atoms with E-state index in [0.29, 0.717) is 40.9 Å². The summed E-state index contributed by atoms with van der Waals surface area (Å²) in [6.45, 7) is 63.6. The van der Waals surface area contributed by atoms with Crippen molar-refractivity contribution in [2.45, 2.75) is 264 Å². The molecule has 0 radical (unpaired) electrons. The average Bonchev–Trinajstić information content (AvgIpc) is 0.766. The van der Waals surface area contributed by atoms with Crippen molar-refractivity contribution in [2.75, 3.05) is 0 Å². The number of halogens is 3. The molecule has 90 heavy (non-hydrogen) atoms. The quantitative estimate of drug-likeness (QED) is 0.164. The molecule has 3 heterocycles. The fourth-order valence-corrected chi connectivity index (χ4v) is 15.9. The van der Waals surface area contributed by atoms with Crippen LogP contribution >= 0.6 is 26.1 Å². The summed E-state index contributed by atoms with van der Waals surface area (Å²) in [5.74, 6) is 3.77. The van der Waals surface area contributed by atoms with Crippen LogP contribution in [0.2, 0.25) is 0 Å². The lowest BCUT2D eigenvalue weighted by atomic mass is 9.68. The number of hydrogen-bond donors (Lipinski definition) is 0. The first-order valence-electron chi connectivity index (χ1n) is 32.2. The first-order valence-corrected chi connectivity index (χ1v) is 35.4. The zero-order valence-corrected chi connectivity index (χ0v) is 62.9. The Bertz CT molecular complexity index is 3370. The molecule has 0 unspecified atom stereocenters. The second kappa shape index (κ2) is 25.8. The number of benzene rings is 6. The molecule has 3 aliphatic heterocycles. The number of rotatable bonds is 4. The Morgan fingerprint density at radius 1 is 0.400 bits per heavy atom. The molecule has 0 fully saturated rings. The van der Waals surface area contributed by atoms with Crippen LogP contribution in [0.5, 0.6) is 34.5 Å². The summed E-state index contributed by atoms with van der Waals surface area (Å²) in [5.41, 5.74) is 16.9. The molecule has 12 heteroatoms. The summed E-state index contributed by atoms with van der Waals surface area (Å²) in [6.07, 6.45) is 2.73. The maximum Gasteiger partial charge on any atom is 0.505 e. The van der Waals surface area contributed by atoms with Gasteiger partial charge in [0.2, 0.25) is 0 Å². The third kappa shape index (κ3) is 17.1. The highest BCUT2D eigenvalue weighted by Gasteiger charge is 2.40. The second-order valence-electron chi connectivity index (χ2n) is 34.4. The Morgan fingerprint density at radius 3 is 1.03 bits per heavy atom. The predicted molar refractivity (Wildman–Crippen MR) is 377 cm³/mol. The van der Waals surface area contributed by atoms with E-state index < -0.39 is 31.5 Å². The van der Waals surface area contributed by atoms with E-state index >= 15 is 4.20 Å². The molecular weight excluding hydrogens is 1180 g/mol. The highest BCUT2D eigenvalue weighted by molar-refractivity contribution is 7.42. The minimum atomic E-state index is -2.61. The van der Waals surface area contributed by atoms with Gasteiger partial charge in [0.05, 0.1) is 0 Å². The molecule has 0 bridgehead atoms. The van der Waals surface area contributed by atoms with Gasteiger partial charge in [0, 0.05) is 51.1 Å². The van der Waals surface area contributed by atoms with E-state index in [-0.39, 0.29) is 49.2 Å². The van der Waals surface area contributed by atoms with E-state index in [1.807, 2.05) is 38.1 Å². The van der Waals surface area contributed by atoms with Crippen molar-refractivity contribution in [2.24, 2.45) is 10.8 Å². The van der Waals surface area contributed by atoms with Crippen molar-refractivity contribution in [1.29, 1.82) is 0 Å². The van der Waals surface area contributed by atoms with Gasteiger partial charge in [0.1, 0.15) is 34.5 Å². The first-order chi connectivity index (χ1) is 40.9. The minimum absolute atomic E-state index is 0.0257. The third-order valence-corrected chi connectivity index (χ3v) is 19.7. The lowest BCUT2D eigenvalue weighted by Gasteiger charge is -2.38. The van der Waals surface area contributed by atoms with Crippen LogP contribution in [0.15, 0.2) is 84.9 Å². The van der Waals surface area contributed by atoms with Crippen LogP contribution in [0.25, 0.3) is 0 Å². The monoisotopic (exact) mass is 1290 g/mol. The molecule has 3 aliphatic rings. The molecule has 0 saturated carbocycles. The van der Waals surface area contributed by atoms with E-state index in [4.69, 9.17) is 27.1 Å². The topological polar surface area (TPSA) is 55.4 Å². The third-order valence-electron chi connectivity index (χ3n) is 17.7. The number of fused-ring (bicyclic) bond motifs is 6. The Balaban J connectivity index is 0.000000197. The average molecular weight is 1290 g/mol. The van der Waals surface area contributed by atoms with Crippen molar-refractivity contribution in [3.8, 4) is 34.5 Å². The van der Waals surface area contributed by atoms with Crippen molar-refractivity contribution in [3.63, 3.8) is 0 Å². The van der Waals surface area contributed by atoms with Crippen LogP contribution in [-0.2, 0) is 44.3 Å². The standard InChI is InChI=1S/C31H46FO2P.C29H42FO2P.C18H20FO2P/c1-27(2,3)19-29(7,8)21-13-15-25-23(17-21)31(11,12)24-18-22(30(9,10)20-28(4,5)6)14-16-26(24)34-35(32)33-25;1-26(2,3)20-14-18-13-19-15-21(27(4,5)6)17-23(29(10,11)12)25(19)32-33(30)31-24(18)22(16-20)28(7,8)9;1-10-6-12(3)17-15(8-10)14(5)16-9-11(2)7-13(4)18(16)21-22(19)20-17/h13-18H,19-20H2,1-12H3;14-17H,13H2,1-12H3;6-9,14H,1-5H3. The van der Waals surface area contributed by atoms with Gasteiger partial charge >= 0.3 is 26.1 Å². The maximum atomic E-state index is 15.4. The normalized spacial score (nSPS) is 17.2. The van der Waals surface area contributed by atoms with Gasteiger partial charge in [0.15, 0.2) is 0 Å². The summed E-state index contributed by atoms with van der Waals surface area (Å²) in [6, 6.07) is 29.5. The van der Waals surface area contributed by atoms with E-state index in [1.54, 1.807) is 0 Å². The van der Waals surface area contributed by atoms with Crippen LogP contribution < -0.4 is 27.1 Å². The molecule has 6 aromatic carbocycles. The maximum absolute atomic E-state index is 15.4. The van der Waals surface area contributed by atoms with Gasteiger partial charge in [-0.05, 0) is 140 Å². The highest BCUT2D eigenvalue weighted by atomic mass is 31.2. The molecular formula is C78H108F3O6P3. The Kier molecular flexibility index (Phi) is 20.8. The van der Waals surface area contributed by atoms with Crippen LogP contribution in [0.1, 0.15) is 281 Å². The molecule has 0 amide bonds. The largest absolute Gasteiger partial charge is 0.505 e. The Hall–Kier alpha value is -4.80. The van der Waals surface area contributed by atoms with Crippen molar-refractivity contribution >= 4 is 26.1 Å². The highest BCUT2D eigenvalue weighted by Crippen LogP contribution is 2.57. The fraction of sp³-hybridized carbons (Fsp3) is 0.538. The molecule has 0 spiro atoms. The van der Waals surface area contributed by atoms with Crippen LogP contribution in [0.3, 0.4) is 0 Å². The SMILES string of the molecule is CC(C)(C)CC(C)(C)c1ccc2c(c1)C(C)(C)c1cc(C(C)(C)CC(C)(C)C)ccc1OP(F)O2.CC(C)(C)c1cc2c(c(C(C)(C)C)c1)OP(F)Oc1c(cc(C(C)(C)C)cc1C(C)(C)C)C2.Cc1cc(C)c2c(c1)C(C)c1cc(C)cc(C)c1OP(F)O2. The molecule has 9 rings (SSSR count). The smallest absolute Gasteiger partial charge is 0.414 e. The van der Waals surface area contributed by atoms with Gasteiger partial charge < -0.3 is 27.1 Å². The summed E-state index contributed by atoms with van der Waals surface area (Å²) in [4.78, 5) is 0. The molecule has 0 saturated heterocycles. The van der Waals surface area contributed by atoms with Gasteiger partial charge in [-0.2, -0.15) is 0 Å². The molecule has 492 valence electrons. The molecule has 6 aromatic rings. The molecule has 0 aliphatic carbocycles. The minimum Gasteiger partial charge on any atom is -0.414 e. The van der Waals surface area contributed by atoms with Crippen LogP contribution in [0, 0.1) is 38.5 Å². The fourth-order valence-electron chi connectivity index (χ4n) is 13.6. The van der Waals surface area contributed by atoms with Crippen molar-refractivity contribution in [3.05, 3.63) is 174 Å².